The molecule has 0 heterocycles. The quantitative estimate of drug-likeness (QED) is 0.168. The fourth-order valence-corrected chi connectivity index (χ4v) is 12.3. The van der Waals surface area contributed by atoms with Gasteiger partial charge in [0.15, 0.2) is 5.78 Å². The number of benzene rings is 1. The monoisotopic (exact) mass is 690 g/mol. The number of esters is 1. The van der Waals surface area contributed by atoms with E-state index in [9.17, 15) is 31.2 Å². The van der Waals surface area contributed by atoms with Crippen molar-refractivity contribution in [1.82, 2.24) is 0 Å². The van der Waals surface area contributed by atoms with Gasteiger partial charge in [-0.25, -0.2) is 4.79 Å². The average molecular weight is 691 g/mol. The molecule has 0 spiro atoms. The molecule has 1 aromatic rings. The second-order valence-corrected chi connectivity index (χ2v) is 18.4. The van der Waals surface area contributed by atoms with Gasteiger partial charge < -0.3 is 8.92 Å². The predicted octanol–water partition coefficient (Wildman–Crippen LogP) is 9.18. The largest absolute Gasteiger partial charge is 0.534 e. The van der Waals surface area contributed by atoms with E-state index in [-0.39, 0.29) is 64.0 Å². The lowest BCUT2D eigenvalue weighted by atomic mass is 9.33. The Bertz CT molecular complexity index is 1680. The standard InChI is InChI=1S/C38H49F3O6S/c1-23(2)30-26(42)21-37(22-46-32(43)24-11-9-8-10-12-24)20-19-35(6)25(31(30)37)13-14-28-34(5)17-16-29(47-48(44,45)38(39,40)41)33(3,4)27(34)15-18-36(28,35)7/h8-12,16,23,25,27-28H,13-15,17-22H2,1-7H3/t25-,27+,28-,34+,35-,36-,37+/m1/s1. The SMILES string of the molecule is CC(C)C1=C2[C@H]3CC[C@@H]4[C@@]5(C)CC=C(OS(=O)(=O)C(F)(F)F)C(C)(C)[C@@H]5CC[C@@]4(C)[C@]3(C)CC[C@@]2(COC(=O)c2ccccc2)CC1=O. The summed E-state index contributed by atoms with van der Waals surface area (Å²) in [5.41, 5.74) is -4.96. The molecule has 6 rings (SSSR count). The molecule has 264 valence electrons. The number of carbonyl (C=O) groups excluding carboxylic acids is 2. The van der Waals surface area contributed by atoms with E-state index in [0.717, 1.165) is 44.1 Å². The molecular formula is C38H49F3O6S. The summed E-state index contributed by atoms with van der Waals surface area (Å²) in [6, 6.07) is 8.93. The summed E-state index contributed by atoms with van der Waals surface area (Å²) in [4.78, 5) is 26.9. The van der Waals surface area contributed by atoms with Crippen LogP contribution in [0.3, 0.4) is 0 Å². The van der Waals surface area contributed by atoms with E-state index < -0.39 is 26.5 Å². The zero-order valence-corrected chi connectivity index (χ0v) is 29.9. The number of Topliss-reactive ketones (excluding diaryl/α,β-unsaturated/α-hetero) is 1. The van der Waals surface area contributed by atoms with Crippen molar-refractivity contribution in [3.63, 3.8) is 0 Å². The summed E-state index contributed by atoms with van der Waals surface area (Å²) in [5, 5.41) is 0. The minimum Gasteiger partial charge on any atom is -0.461 e. The first kappa shape index (κ1) is 35.2. The molecular weight excluding hydrogens is 641 g/mol. The highest BCUT2D eigenvalue weighted by atomic mass is 32.2. The number of carbonyl (C=O) groups is 2. The number of fused-ring (bicyclic) bond motifs is 7. The second-order valence-electron chi connectivity index (χ2n) is 16.9. The van der Waals surface area contributed by atoms with Crippen LogP contribution in [0.15, 0.2) is 53.3 Å². The second kappa shape index (κ2) is 11.2. The molecule has 5 aliphatic rings. The lowest BCUT2D eigenvalue weighted by Crippen LogP contribution is -2.64. The van der Waals surface area contributed by atoms with Crippen molar-refractivity contribution in [2.24, 2.45) is 50.7 Å². The molecule has 7 atom stereocenters. The molecule has 0 aliphatic heterocycles. The Morgan fingerprint density at radius 3 is 2.23 bits per heavy atom. The van der Waals surface area contributed by atoms with Gasteiger partial charge in [0, 0.05) is 17.3 Å². The fourth-order valence-electron chi connectivity index (χ4n) is 11.7. The molecule has 0 saturated heterocycles. The van der Waals surface area contributed by atoms with E-state index in [4.69, 9.17) is 8.92 Å². The zero-order chi connectivity index (χ0) is 35.3. The van der Waals surface area contributed by atoms with Gasteiger partial charge in [-0.05, 0) is 114 Å². The Morgan fingerprint density at radius 1 is 0.938 bits per heavy atom. The van der Waals surface area contributed by atoms with Gasteiger partial charge in [-0.2, -0.15) is 21.6 Å². The van der Waals surface area contributed by atoms with Crippen molar-refractivity contribution in [3.8, 4) is 0 Å². The van der Waals surface area contributed by atoms with Gasteiger partial charge in [0.05, 0.1) is 5.56 Å². The van der Waals surface area contributed by atoms with E-state index in [1.165, 1.54) is 5.57 Å². The molecule has 3 saturated carbocycles. The molecule has 5 aliphatic carbocycles. The summed E-state index contributed by atoms with van der Waals surface area (Å²) in [5.74, 6) is -0.0246. The van der Waals surface area contributed by atoms with E-state index in [2.05, 4.69) is 34.6 Å². The van der Waals surface area contributed by atoms with Gasteiger partial charge in [0.25, 0.3) is 0 Å². The molecule has 0 unspecified atom stereocenters. The maximum atomic E-state index is 13.8. The minimum atomic E-state index is -5.78. The maximum absolute atomic E-state index is 13.8. The maximum Gasteiger partial charge on any atom is 0.534 e. The third-order valence-electron chi connectivity index (χ3n) is 14.0. The Labute approximate surface area is 283 Å². The summed E-state index contributed by atoms with van der Waals surface area (Å²) in [7, 11) is -5.78. The molecule has 0 amide bonds. The highest BCUT2D eigenvalue weighted by Gasteiger charge is 2.70. The van der Waals surface area contributed by atoms with Crippen molar-refractivity contribution >= 4 is 21.9 Å². The smallest absolute Gasteiger partial charge is 0.461 e. The molecule has 0 aromatic heterocycles. The number of ether oxygens (including phenoxy) is 1. The van der Waals surface area contributed by atoms with Crippen LogP contribution in [0.2, 0.25) is 0 Å². The number of allylic oxidation sites excluding steroid dienone is 3. The van der Waals surface area contributed by atoms with Crippen molar-refractivity contribution < 1.29 is 40.1 Å². The lowest BCUT2D eigenvalue weighted by Gasteiger charge is -2.71. The minimum absolute atomic E-state index is 0.0380. The summed E-state index contributed by atoms with van der Waals surface area (Å²) >= 11 is 0. The van der Waals surface area contributed by atoms with Crippen LogP contribution in [-0.4, -0.2) is 32.3 Å². The molecule has 10 heteroatoms. The molecule has 48 heavy (non-hydrogen) atoms. The van der Waals surface area contributed by atoms with Crippen LogP contribution in [0.4, 0.5) is 13.2 Å². The van der Waals surface area contributed by atoms with Crippen LogP contribution in [0.25, 0.3) is 0 Å². The first-order valence-corrected chi connectivity index (χ1v) is 18.8. The number of hydrogen-bond donors (Lipinski definition) is 0. The normalized spacial score (nSPS) is 37.6. The number of halogens is 3. The molecule has 0 bridgehead atoms. The number of ketones is 1. The Morgan fingerprint density at radius 2 is 1.60 bits per heavy atom. The van der Waals surface area contributed by atoms with Gasteiger partial charge in [-0.1, -0.05) is 66.7 Å². The lowest BCUT2D eigenvalue weighted by molar-refractivity contribution is -0.202. The van der Waals surface area contributed by atoms with Crippen LogP contribution in [-0.2, 0) is 23.8 Å². The Balaban J connectivity index is 1.34. The van der Waals surface area contributed by atoms with Gasteiger partial charge >= 0.3 is 21.6 Å². The van der Waals surface area contributed by atoms with Gasteiger partial charge in [-0.3, -0.25) is 4.79 Å². The van der Waals surface area contributed by atoms with E-state index in [1.54, 1.807) is 30.3 Å². The van der Waals surface area contributed by atoms with Gasteiger partial charge in [0.2, 0.25) is 0 Å². The highest BCUT2D eigenvalue weighted by Crippen LogP contribution is 2.76. The van der Waals surface area contributed by atoms with Crippen LogP contribution in [0, 0.1) is 50.7 Å². The van der Waals surface area contributed by atoms with Crippen LogP contribution in [0.5, 0.6) is 0 Å². The number of alkyl halides is 3. The van der Waals surface area contributed by atoms with Crippen molar-refractivity contribution in [1.29, 1.82) is 0 Å². The third kappa shape index (κ3) is 4.96. The fraction of sp³-hybridized carbons (Fsp3) is 0.684. The Kier molecular flexibility index (Phi) is 8.21. The summed E-state index contributed by atoms with van der Waals surface area (Å²) < 4.78 is 74.9. The first-order valence-electron chi connectivity index (χ1n) is 17.4. The summed E-state index contributed by atoms with van der Waals surface area (Å²) in [6.45, 7) is 15.0. The van der Waals surface area contributed by atoms with Crippen molar-refractivity contribution in [2.45, 2.75) is 105 Å². The molecule has 3 fully saturated rings. The third-order valence-corrected chi connectivity index (χ3v) is 15.0. The van der Waals surface area contributed by atoms with E-state index in [0.29, 0.717) is 18.4 Å². The average Bonchev–Trinajstić information content (AvgIpc) is 3.30. The van der Waals surface area contributed by atoms with Crippen molar-refractivity contribution in [2.75, 3.05) is 6.61 Å². The summed E-state index contributed by atoms with van der Waals surface area (Å²) in [6.07, 6.45) is 7.30. The van der Waals surface area contributed by atoms with E-state index in [1.807, 2.05) is 19.9 Å². The zero-order valence-electron chi connectivity index (χ0n) is 29.1. The molecule has 6 nitrogen and oxygen atoms in total. The van der Waals surface area contributed by atoms with Gasteiger partial charge in [0.1, 0.15) is 12.4 Å². The predicted molar refractivity (Wildman–Crippen MR) is 176 cm³/mol. The number of rotatable bonds is 6. The molecule has 1 aromatic carbocycles. The first-order chi connectivity index (χ1) is 22.1. The topological polar surface area (TPSA) is 86.7 Å². The highest BCUT2D eigenvalue weighted by molar-refractivity contribution is 7.87. The van der Waals surface area contributed by atoms with Crippen LogP contribution < -0.4 is 0 Å². The number of hydrogen-bond acceptors (Lipinski definition) is 6. The van der Waals surface area contributed by atoms with Crippen molar-refractivity contribution in [3.05, 3.63) is 58.9 Å². The van der Waals surface area contributed by atoms with Crippen LogP contribution in [0.1, 0.15) is 110 Å². The molecule has 0 radical (unpaired) electrons. The molecule has 0 N–H and O–H groups in total. The Hall–Kier alpha value is -2.62. The van der Waals surface area contributed by atoms with E-state index >= 15 is 0 Å². The van der Waals surface area contributed by atoms with Crippen LogP contribution >= 0.6 is 0 Å². The van der Waals surface area contributed by atoms with Gasteiger partial charge in [-0.15, -0.1) is 0 Å².